The van der Waals surface area contributed by atoms with Crippen LogP contribution in [0.3, 0.4) is 0 Å². The summed E-state index contributed by atoms with van der Waals surface area (Å²) in [4.78, 5) is 11.0. The Hall–Kier alpha value is -1.14. The Morgan fingerprint density at radius 3 is 2.75 bits per heavy atom. The quantitative estimate of drug-likeness (QED) is 0.794. The molecule has 0 aliphatic rings. The molecule has 0 bridgehead atoms. The molecular weight excluding hydrogens is 266 g/mol. The molecule has 1 unspecified atom stereocenters. The molecule has 1 aromatic carbocycles. The smallest absolute Gasteiger partial charge is 0.147 e. The number of halogens is 1. The molecule has 0 N–H and O–H groups in total. The Morgan fingerprint density at radius 2 is 2.25 bits per heavy atom. The lowest BCUT2D eigenvalue weighted by atomic mass is 9.97. The molecule has 0 radical (unpaired) electrons. The van der Waals surface area contributed by atoms with Crippen LogP contribution in [0, 0.1) is 11.3 Å². The van der Waals surface area contributed by atoms with E-state index in [4.69, 9.17) is 5.26 Å². The molecule has 0 aliphatic heterocycles. The number of carbonyl (C=O) groups is 1. The highest BCUT2D eigenvalue weighted by Crippen LogP contribution is 2.28. The third-order valence-corrected chi connectivity index (χ3v) is 3.65. The summed E-state index contributed by atoms with van der Waals surface area (Å²) in [6.07, 6.45) is 1.28. The SMILES string of the molecule is CCc1ccc(C(Br)C(C)=O)c(CC#N)c1. The molecule has 0 aromatic heterocycles. The summed E-state index contributed by atoms with van der Waals surface area (Å²) in [5, 5.41) is 8.78. The van der Waals surface area contributed by atoms with Crippen molar-refractivity contribution in [3.63, 3.8) is 0 Å². The molecule has 0 aliphatic carbocycles. The predicted octanol–water partition coefficient (Wildman–Crippen LogP) is 3.34. The van der Waals surface area contributed by atoms with E-state index in [0.717, 1.165) is 17.5 Å². The minimum absolute atomic E-state index is 0.0587. The van der Waals surface area contributed by atoms with Gasteiger partial charge >= 0.3 is 0 Å². The van der Waals surface area contributed by atoms with Crippen LogP contribution in [-0.4, -0.2) is 5.78 Å². The Labute approximate surface area is 104 Å². The Morgan fingerprint density at radius 1 is 1.56 bits per heavy atom. The van der Waals surface area contributed by atoms with Gasteiger partial charge in [-0.3, -0.25) is 4.79 Å². The molecule has 0 saturated carbocycles. The molecule has 84 valence electrons. The molecule has 1 rings (SSSR count). The topological polar surface area (TPSA) is 40.9 Å². The van der Waals surface area contributed by atoms with Crippen LogP contribution < -0.4 is 0 Å². The first-order chi connectivity index (χ1) is 7.60. The Bertz CT molecular complexity index is 434. The molecule has 1 aromatic rings. The van der Waals surface area contributed by atoms with E-state index < -0.39 is 0 Å². The van der Waals surface area contributed by atoms with Crippen molar-refractivity contribution >= 4 is 21.7 Å². The van der Waals surface area contributed by atoms with Gasteiger partial charge in [-0.25, -0.2) is 0 Å². The number of ketones is 1. The van der Waals surface area contributed by atoms with Gasteiger partial charge in [-0.05, 0) is 30.0 Å². The lowest BCUT2D eigenvalue weighted by molar-refractivity contribution is -0.116. The lowest BCUT2D eigenvalue weighted by Gasteiger charge is -2.12. The number of nitrogens with zero attached hydrogens (tertiary/aromatic N) is 1. The predicted molar refractivity (Wildman–Crippen MR) is 67.5 cm³/mol. The zero-order chi connectivity index (χ0) is 12.1. The zero-order valence-electron chi connectivity index (χ0n) is 9.46. The average Bonchev–Trinajstić information content (AvgIpc) is 2.28. The fourth-order valence-electron chi connectivity index (χ4n) is 1.58. The maximum atomic E-state index is 11.3. The van der Waals surface area contributed by atoms with Crippen molar-refractivity contribution in [3.05, 3.63) is 34.9 Å². The molecule has 16 heavy (non-hydrogen) atoms. The van der Waals surface area contributed by atoms with Crippen LogP contribution in [0.2, 0.25) is 0 Å². The number of alkyl halides is 1. The second-order valence-electron chi connectivity index (χ2n) is 3.69. The molecule has 0 spiro atoms. The van der Waals surface area contributed by atoms with Crippen LogP contribution in [0.25, 0.3) is 0 Å². The third kappa shape index (κ3) is 2.93. The minimum Gasteiger partial charge on any atom is -0.298 e. The molecule has 0 saturated heterocycles. The fraction of sp³-hybridized carbons (Fsp3) is 0.385. The van der Waals surface area contributed by atoms with E-state index in [-0.39, 0.29) is 10.6 Å². The molecule has 0 fully saturated rings. The van der Waals surface area contributed by atoms with Gasteiger partial charge in [0, 0.05) is 0 Å². The van der Waals surface area contributed by atoms with Gasteiger partial charge in [0.05, 0.1) is 17.3 Å². The van der Waals surface area contributed by atoms with Crippen LogP contribution in [-0.2, 0) is 17.6 Å². The van der Waals surface area contributed by atoms with Gasteiger partial charge in [-0.1, -0.05) is 41.1 Å². The van der Waals surface area contributed by atoms with Gasteiger partial charge in [0.25, 0.3) is 0 Å². The van der Waals surface area contributed by atoms with Gasteiger partial charge in [0.2, 0.25) is 0 Å². The highest BCUT2D eigenvalue weighted by molar-refractivity contribution is 9.09. The van der Waals surface area contributed by atoms with Crippen molar-refractivity contribution in [1.29, 1.82) is 5.26 Å². The van der Waals surface area contributed by atoms with E-state index in [9.17, 15) is 4.79 Å². The van der Waals surface area contributed by atoms with E-state index in [1.165, 1.54) is 5.56 Å². The molecule has 2 nitrogen and oxygen atoms in total. The summed E-state index contributed by atoms with van der Waals surface area (Å²) in [6.45, 7) is 3.62. The lowest BCUT2D eigenvalue weighted by Crippen LogP contribution is -2.05. The van der Waals surface area contributed by atoms with Gasteiger partial charge in [0.15, 0.2) is 0 Å². The number of Topliss-reactive ketones (excluding diaryl/α,β-unsaturated/α-hetero) is 1. The summed E-state index contributed by atoms with van der Waals surface area (Å²) in [6, 6.07) is 8.09. The summed E-state index contributed by atoms with van der Waals surface area (Å²) < 4.78 is 0. The minimum atomic E-state index is -0.304. The number of carbonyl (C=O) groups excluding carboxylic acids is 1. The van der Waals surface area contributed by atoms with Crippen molar-refractivity contribution in [2.45, 2.75) is 31.5 Å². The first-order valence-corrected chi connectivity index (χ1v) is 6.14. The summed E-state index contributed by atoms with van der Waals surface area (Å²) in [5.41, 5.74) is 3.04. The highest BCUT2D eigenvalue weighted by atomic mass is 79.9. The molecule has 1 atom stereocenters. The number of hydrogen-bond acceptors (Lipinski definition) is 2. The number of aryl methyl sites for hydroxylation is 1. The van der Waals surface area contributed by atoms with E-state index in [2.05, 4.69) is 28.9 Å². The number of benzene rings is 1. The van der Waals surface area contributed by atoms with Crippen LogP contribution in [0.15, 0.2) is 18.2 Å². The number of hydrogen-bond donors (Lipinski definition) is 0. The van der Waals surface area contributed by atoms with Crippen molar-refractivity contribution < 1.29 is 4.79 Å². The van der Waals surface area contributed by atoms with Gasteiger partial charge < -0.3 is 0 Å². The monoisotopic (exact) mass is 279 g/mol. The first kappa shape index (κ1) is 12.9. The van der Waals surface area contributed by atoms with Gasteiger partial charge in [-0.15, -0.1) is 0 Å². The number of rotatable bonds is 4. The van der Waals surface area contributed by atoms with E-state index in [1.54, 1.807) is 6.92 Å². The van der Waals surface area contributed by atoms with E-state index >= 15 is 0 Å². The molecule has 0 amide bonds. The normalized spacial score (nSPS) is 11.9. The summed E-state index contributed by atoms with van der Waals surface area (Å²) in [7, 11) is 0. The molecular formula is C13H14BrNO. The molecule has 0 heterocycles. The summed E-state index contributed by atoms with van der Waals surface area (Å²) >= 11 is 3.36. The highest BCUT2D eigenvalue weighted by Gasteiger charge is 2.16. The third-order valence-electron chi connectivity index (χ3n) is 2.52. The molecule has 3 heteroatoms. The van der Waals surface area contributed by atoms with Crippen LogP contribution >= 0.6 is 15.9 Å². The maximum Gasteiger partial charge on any atom is 0.147 e. The van der Waals surface area contributed by atoms with Crippen molar-refractivity contribution in [3.8, 4) is 6.07 Å². The Balaban J connectivity index is 3.18. The van der Waals surface area contributed by atoms with E-state index in [0.29, 0.717) is 6.42 Å². The zero-order valence-corrected chi connectivity index (χ0v) is 11.0. The maximum absolute atomic E-state index is 11.3. The van der Waals surface area contributed by atoms with Crippen LogP contribution in [0.4, 0.5) is 0 Å². The second-order valence-corrected chi connectivity index (χ2v) is 4.61. The number of nitriles is 1. The van der Waals surface area contributed by atoms with Gasteiger partial charge in [0.1, 0.15) is 5.78 Å². The second kappa shape index (κ2) is 5.81. The standard InChI is InChI=1S/C13H14BrNO/c1-3-10-4-5-12(13(14)9(2)16)11(8-10)6-7-15/h4-5,8,13H,3,6H2,1-2H3. The van der Waals surface area contributed by atoms with Crippen molar-refractivity contribution in [1.82, 2.24) is 0 Å². The van der Waals surface area contributed by atoms with Crippen LogP contribution in [0.5, 0.6) is 0 Å². The van der Waals surface area contributed by atoms with Gasteiger partial charge in [-0.2, -0.15) is 5.26 Å². The largest absolute Gasteiger partial charge is 0.298 e. The first-order valence-electron chi connectivity index (χ1n) is 5.23. The van der Waals surface area contributed by atoms with Crippen molar-refractivity contribution in [2.75, 3.05) is 0 Å². The average molecular weight is 280 g/mol. The van der Waals surface area contributed by atoms with Crippen LogP contribution in [0.1, 0.15) is 35.4 Å². The fourth-order valence-corrected chi connectivity index (χ4v) is 2.03. The van der Waals surface area contributed by atoms with Crippen molar-refractivity contribution in [2.24, 2.45) is 0 Å². The Kier molecular flexibility index (Phi) is 4.70. The summed E-state index contributed by atoms with van der Waals surface area (Å²) in [5.74, 6) is 0.0587. The van der Waals surface area contributed by atoms with E-state index in [1.807, 2.05) is 18.2 Å².